The second-order valence-electron chi connectivity index (χ2n) is 7.32. The molecule has 0 N–H and O–H groups in total. The van der Waals surface area contributed by atoms with Crippen LogP contribution in [0.25, 0.3) is 0 Å². The van der Waals surface area contributed by atoms with E-state index < -0.39 is 0 Å². The van der Waals surface area contributed by atoms with Gasteiger partial charge in [-0.1, -0.05) is 6.92 Å². The van der Waals surface area contributed by atoms with Gasteiger partial charge in [-0.15, -0.1) is 0 Å². The molecule has 1 amide bonds. The smallest absolute Gasteiger partial charge is 0.410 e. The van der Waals surface area contributed by atoms with Gasteiger partial charge in [-0.3, -0.25) is 4.79 Å². The predicted octanol–water partition coefficient (Wildman–Crippen LogP) is 1.41. The minimum atomic E-state index is -0.388. The van der Waals surface area contributed by atoms with Gasteiger partial charge in [0.15, 0.2) is 0 Å². The van der Waals surface area contributed by atoms with Gasteiger partial charge in [0.25, 0.3) is 0 Å². The highest BCUT2D eigenvalue weighted by molar-refractivity contribution is 5.79. The highest BCUT2D eigenvalue weighted by Gasteiger charge is 2.73. The van der Waals surface area contributed by atoms with Crippen molar-refractivity contribution in [1.29, 1.82) is 0 Å². The second kappa shape index (κ2) is 3.07. The van der Waals surface area contributed by atoms with Crippen LogP contribution in [0.3, 0.4) is 0 Å². The van der Waals surface area contributed by atoms with Crippen LogP contribution in [0.5, 0.6) is 0 Å². The lowest BCUT2D eigenvalue weighted by Gasteiger charge is -2.61. The topological polar surface area (TPSA) is 55.8 Å². The molecule has 3 heterocycles. The third kappa shape index (κ3) is 1.21. The van der Waals surface area contributed by atoms with E-state index in [0.717, 1.165) is 13.0 Å². The Morgan fingerprint density at radius 1 is 1.26 bits per heavy atom. The summed E-state index contributed by atoms with van der Waals surface area (Å²) in [5.41, 5.74) is -0.408. The zero-order valence-corrected chi connectivity index (χ0v) is 11.5. The van der Waals surface area contributed by atoms with Crippen molar-refractivity contribution < 1.29 is 19.1 Å². The van der Waals surface area contributed by atoms with E-state index in [9.17, 15) is 9.59 Å². The Kier molecular flexibility index (Phi) is 1.87. The summed E-state index contributed by atoms with van der Waals surface area (Å²) in [6, 6.07) is 0.0873. The van der Waals surface area contributed by atoms with Crippen molar-refractivity contribution in [2.24, 2.45) is 23.2 Å². The molecule has 0 aromatic heterocycles. The monoisotopic (exact) mass is 265 g/mol. The molecular weight excluding hydrogens is 246 g/mol. The van der Waals surface area contributed by atoms with Crippen LogP contribution in [-0.2, 0) is 14.3 Å². The lowest BCUT2D eigenvalue weighted by Crippen LogP contribution is -2.66. The van der Waals surface area contributed by atoms with E-state index in [1.165, 1.54) is 0 Å². The average molecular weight is 265 g/mol. The maximum absolute atomic E-state index is 12.3. The molecular formula is C14H19NO4. The zero-order chi connectivity index (χ0) is 13.6. The Morgan fingerprint density at radius 3 is 2.74 bits per heavy atom. The van der Waals surface area contributed by atoms with Crippen molar-refractivity contribution in [3.63, 3.8) is 0 Å². The van der Waals surface area contributed by atoms with Gasteiger partial charge >= 0.3 is 12.1 Å². The molecule has 3 saturated heterocycles. The van der Waals surface area contributed by atoms with Crippen LogP contribution in [0.2, 0.25) is 0 Å². The maximum Gasteiger partial charge on any atom is 0.410 e. The fourth-order valence-electron chi connectivity index (χ4n) is 5.21. The van der Waals surface area contributed by atoms with Crippen molar-refractivity contribution in [3.05, 3.63) is 0 Å². The van der Waals surface area contributed by atoms with Crippen LogP contribution in [0.1, 0.15) is 27.2 Å². The molecule has 5 atom stereocenters. The van der Waals surface area contributed by atoms with E-state index in [2.05, 4.69) is 6.92 Å². The summed E-state index contributed by atoms with van der Waals surface area (Å²) in [7, 11) is 0. The molecule has 0 aromatic carbocycles. The van der Waals surface area contributed by atoms with Crippen molar-refractivity contribution in [3.8, 4) is 0 Å². The average Bonchev–Trinajstić information content (AvgIpc) is 2.76. The first-order valence-corrected chi connectivity index (χ1v) is 7.00. The SMILES string of the molecule is CC1(C)C[C@@]2(C)[C@@H]3CN4C(=O)OC[C@@H]4[C@@H]3[C@H]2C(=O)O1. The van der Waals surface area contributed by atoms with Gasteiger partial charge in [0.1, 0.15) is 12.2 Å². The van der Waals surface area contributed by atoms with Gasteiger partial charge < -0.3 is 14.4 Å². The summed E-state index contributed by atoms with van der Waals surface area (Å²) >= 11 is 0. The van der Waals surface area contributed by atoms with E-state index in [1.54, 1.807) is 0 Å². The number of amides is 1. The quantitative estimate of drug-likeness (QED) is 0.621. The Hall–Kier alpha value is -1.26. The van der Waals surface area contributed by atoms with E-state index in [-0.39, 0.29) is 41.0 Å². The third-order valence-electron chi connectivity index (χ3n) is 5.69. The Bertz CT molecular complexity index is 488. The summed E-state index contributed by atoms with van der Waals surface area (Å²) in [6.45, 7) is 7.32. The van der Waals surface area contributed by atoms with E-state index in [0.29, 0.717) is 12.5 Å². The van der Waals surface area contributed by atoms with Gasteiger partial charge in [-0.25, -0.2) is 4.79 Å². The zero-order valence-electron chi connectivity index (χ0n) is 11.5. The number of carbonyl (C=O) groups is 2. The molecule has 0 bridgehead atoms. The number of cyclic esters (lactones) is 2. The van der Waals surface area contributed by atoms with E-state index in [1.807, 2.05) is 18.7 Å². The Labute approximate surface area is 112 Å². The fraction of sp³-hybridized carbons (Fsp3) is 0.857. The summed E-state index contributed by atoms with van der Waals surface area (Å²) in [6.07, 6.45) is 0.667. The number of fused-ring (bicyclic) bond motifs is 6. The number of rotatable bonds is 0. The lowest BCUT2D eigenvalue weighted by atomic mass is 9.44. The number of carbonyl (C=O) groups excluding carboxylic acids is 2. The van der Waals surface area contributed by atoms with Crippen LogP contribution >= 0.6 is 0 Å². The van der Waals surface area contributed by atoms with Crippen LogP contribution in [0, 0.1) is 23.2 Å². The van der Waals surface area contributed by atoms with Crippen molar-refractivity contribution >= 4 is 12.1 Å². The molecule has 0 aromatic rings. The van der Waals surface area contributed by atoms with Crippen LogP contribution in [-0.4, -0.2) is 41.8 Å². The van der Waals surface area contributed by atoms with Gasteiger partial charge in [-0.05, 0) is 31.6 Å². The molecule has 1 aliphatic carbocycles. The van der Waals surface area contributed by atoms with Crippen LogP contribution in [0.15, 0.2) is 0 Å². The maximum atomic E-state index is 12.3. The largest absolute Gasteiger partial charge is 0.459 e. The molecule has 0 unspecified atom stereocenters. The second-order valence-corrected chi connectivity index (χ2v) is 7.32. The van der Waals surface area contributed by atoms with Gasteiger partial charge in [0.05, 0.1) is 12.0 Å². The summed E-state index contributed by atoms with van der Waals surface area (Å²) < 4.78 is 10.7. The molecule has 4 aliphatic rings. The van der Waals surface area contributed by atoms with Crippen molar-refractivity contribution in [2.45, 2.75) is 38.8 Å². The predicted molar refractivity (Wildman–Crippen MR) is 65.2 cm³/mol. The molecule has 104 valence electrons. The number of hydrogen-bond donors (Lipinski definition) is 0. The summed E-state index contributed by atoms with van der Waals surface area (Å²) in [5.74, 6) is 0.513. The summed E-state index contributed by atoms with van der Waals surface area (Å²) in [5, 5.41) is 0. The normalized spacial score (nSPS) is 49.7. The van der Waals surface area contributed by atoms with Gasteiger partial charge in [-0.2, -0.15) is 0 Å². The van der Waals surface area contributed by atoms with Crippen molar-refractivity contribution in [1.82, 2.24) is 4.90 Å². The standard InChI is InChI=1S/C14H19NO4/c1-13(2)6-14(3)7-4-15-8(5-18-12(15)17)9(7)10(14)11(16)19-13/h7-10H,4-6H2,1-3H3/t7-,8-,9-,10+,14+/m1/s1. The molecule has 4 rings (SSSR count). The first kappa shape index (κ1) is 11.6. The molecule has 0 radical (unpaired) electrons. The summed E-state index contributed by atoms with van der Waals surface area (Å²) in [4.78, 5) is 25.8. The lowest BCUT2D eigenvalue weighted by molar-refractivity contribution is -0.226. The molecule has 3 aliphatic heterocycles. The molecule has 19 heavy (non-hydrogen) atoms. The third-order valence-corrected chi connectivity index (χ3v) is 5.69. The van der Waals surface area contributed by atoms with E-state index >= 15 is 0 Å². The fourth-order valence-corrected chi connectivity index (χ4v) is 5.21. The minimum Gasteiger partial charge on any atom is -0.459 e. The number of hydrogen-bond acceptors (Lipinski definition) is 4. The highest BCUT2D eigenvalue weighted by atomic mass is 16.6. The van der Waals surface area contributed by atoms with Crippen LogP contribution in [0.4, 0.5) is 4.79 Å². The Morgan fingerprint density at radius 2 is 2.00 bits per heavy atom. The number of esters is 1. The first-order chi connectivity index (χ1) is 8.83. The number of ether oxygens (including phenoxy) is 2. The first-order valence-electron chi connectivity index (χ1n) is 7.00. The molecule has 5 heteroatoms. The molecule has 0 spiro atoms. The highest BCUT2D eigenvalue weighted by Crippen LogP contribution is 2.67. The minimum absolute atomic E-state index is 0.0197. The molecule has 5 nitrogen and oxygen atoms in total. The van der Waals surface area contributed by atoms with Crippen LogP contribution < -0.4 is 0 Å². The number of nitrogens with zero attached hydrogens (tertiary/aromatic N) is 1. The van der Waals surface area contributed by atoms with Gasteiger partial charge in [0, 0.05) is 12.5 Å². The molecule has 1 saturated carbocycles. The molecule has 4 fully saturated rings. The van der Waals surface area contributed by atoms with Crippen molar-refractivity contribution in [2.75, 3.05) is 13.2 Å². The Balaban J connectivity index is 1.70. The van der Waals surface area contributed by atoms with Gasteiger partial charge in [0.2, 0.25) is 0 Å². The van der Waals surface area contributed by atoms with E-state index in [4.69, 9.17) is 9.47 Å².